The second-order valence-corrected chi connectivity index (χ2v) is 5.14. The van der Waals surface area contributed by atoms with Gasteiger partial charge in [-0.1, -0.05) is 30.3 Å². The van der Waals surface area contributed by atoms with Gasteiger partial charge in [-0.3, -0.25) is 4.79 Å². The van der Waals surface area contributed by atoms with Crippen LogP contribution in [0, 0.1) is 6.92 Å². The molecular formula is C18H17NO3. The van der Waals surface area contributed by atoms with Gasteiger partial charge in [-0.25, -0.2) is 0 Å². The molecule has 4 nitrogen and oxygen atoms in total. The van der Waals surface area contributed by atoms with E-state index >= 15 is 0 Å². The molecule has 1 heterocycles. The van der Waals surface area contributed by atoms with Crippen molar-refractivity contribution in [1.82, 2.24) is 0 Å². The summed E-state index contributed by atoms with van der Waals surface area (Å²) in [6.07, 6.45) is 0. The van der Waals surface area contributed by atoms with E-state index in [0.29, 0.717) is 12.4 Å². The molecule has 0 bridgehead atoms. The van der Waals surface area contributed by atoms with Crippen molar-refractivity contribution >= 4 is 22.6 Å². The van der Waals surface area contributed by atoms with E-state index in [0.717, 1.165) is 27.8 Å². The van der Waals surface area contributed by atoms with Gasteiger partial charge in [0, 0.05) is 23.7 Å². The van der Waals surface area contributed by atoms with Gasteiger partial charge in [0.05, 0.1) is 6.61 Å². The molecular weight excluding hydrogens is 278 g/mol. The molecule has 0 radical (unpaired) electrons. The molecule has 2 aromatic carbocycles. The van der Waals surface area contributed by atoms with Gasteiger partial charge in [0.1, 0.15) is 5.58 Å². The summed E-state index contributed by atoms with van der Waals surface area (Å²) in [5, 5.41) is 3.83. The summed E-state index contributed by atoms with van der Waals surface area (Å²) in [7, 11) is 1.64. The van der Waals surface area contributed by atoms with Crippen LogP contribution < -0.4 is 5.32 Å². The first-order chi connectivity index (χ1) is 10.7. The summed E-state index contributed by atoms with van der Waals surface area (Å²) in [6.45, 7) is 2.40. The average molecular weight is 295 g/mol. The van der Waals surface area contributed by atoms with Crippen molar-refractivity contribution in [2.24, 2.45) is 0 Å². The van der Waals surface area contributed by atoms with E-state index in [-0.39, 0.29) is 5.91 Å². The number of aryl methyl sites for hydroxylation is 1. The molecule has 0 atom stereocenters. The molecule has 0 saturated heterocycles. The van der Waals surface area contributed by atoms with Crippen molar-refractivity contribution < 1.29 is 13.9 Å². The van der Waals surface area contributed by atoms with E-state index in [2.05, 4.69) is 5.32 Å². The number of hydrogen-bond donors (Lipinski definition) is 1. The van der Waals surface area contributed by atoms with Crippen LogP contribution in [-0.4, -0.2) is 13.0 Å². The van der Waals surface area contributed by atoms with Crippen molar-refractivity contribution in [2.45, 2.75) is 13.5 Å². The first kappa shape index (κ1) is 14.4. The number of fused-ring (bicyclic) bond motifs is 1. The Hall–Kier alpha value is -2.59. The molecule has 3 rings (SSSR count). The Labute approximate surface area is 128 Å². The first-order valence-electron chi connectivity index (χ1n) is 7.06. The fourth-order valence-electron chi connectivity index (χ4n) is 2.48. The van der Waals surface area contributed by atoms with Crippen LogP contribution in [0.25, 0.3) is 11.0 Å². The Morgan fingerprint density at radius 1 is 1.18 bits per heavy atom. The van der Waals surface area contributed by atoms with E-state index in [9.17, 15) is 4.79 Å². The van der Waals surface area contributed by atoms with E-state index in [1.54, 1.807) is 7.11 Å². The summed E-state index contributed by atoms with van der Waals surface area (Å²) in [6, 6.07) is 15.2. The molecule has 3 aromatic rings. The second-order valence-electron chi connectivity index (χ2n) is 5.14. The maximum absolute atomic E-state index is 12.4. The Morgan fingerprint density at radius 2 is 2.00 bits per heavy atom. The maximum Gasteiger partial charge on any atom is 0.291 e. The molecule has 112 valence electrons. The van der Waals surface area contributed by atoms with Gasteiger partial charge >= 0.3 is 0 Å². The van der Waals surface area contributed by atoms with Gasteiger partial charge in [-0.15, -0.1) is 0 Å². The zero-order valence-electron chi connectivity index (χ0n) is 12.6. The van der Waals surface area contributed by atoms with Gasteiger partial charge in [0.15, 0.2) is 5.76 Å². The molecule has 1 aromatic heterocycles. The number of carbonyl (C=O) groups is 1. The monoisotopic (exact) mass is 295 g/mol. The lowest BCUT2D eigenvalue weighted by atomic mass is 10.1. The predicted molar refractivity (Wildman–Crippen MR) is 86.1 cm³/mol. The lowest BCUT2D eigenvalue weighted by Crippen LogP contribution is -2.12. The van der Waals surface area contributed by atoms with Crippen LogP contribution in [0.1, 0.15) is 21.7 Å². The van der Waals surface area contributed by atoms with E-state index in [4.69, 9.17) is 9.15 Å². The Morgan fingerprint density at radius 3 is 2.77 bits per heavy atom. The first-order valence-corrected chi connectivity index (χ1v) is 7.06. The number of methoxy groups -OCH3 is 1. The SMILES string of the molecule is COCc1cccc(NC(=O)c2oc3ccccc3c2C)c1. The number of anilines is 1. The van der Waals surface area contributed by atoms with E-state index in [1.807, 2.05) is 55.5 Å². The third-order valence-corrected chi connectivity index (χ3v) is 3.55. The number of nitrogens with one attached hydrogen (secondary N) is 1. The number of para-hydroxylation sites is 1. The van der Waals surface area contributed by atoms with Crippen LogP contribution in [0.15, 0.2) is 52.9 Å². The predicted octanol–water partition coefficient (Wildman–Crippen LogP) is 4.14. The Kier molecular flexibility index (Phi) is 3.94. The number of rotatable bonds is 4. The van der Waals surface area contributed by atoms with Gasteiger partial charge in [0.25, 0.3) is 5.91 Å². The minimum atomic E-state index is -0.247. The molecule has 0 saturated carbocycles. The largest absolute Gasteiger partial charge is 0.451 e. The van der Waals surface area contributed by atoms with Crippen LogP contribution in [0.3, 0.4) is 0 Å². The molecule has 0 aliphatic carbocycles. The number of amides is 1. The highest BCUT2D eigenvalue weighted by molar-refractivity contribution is 6.06. The minimum Gasteiger partial charge on any atom is -0.451 e. The normalized spacial score (nSPS) is 10.8. The van der Waals surface area contributed by atoms with Crippen LogP contribution in [0.2, 0.25) is 0 Å². The molecule has 0 fully saturated rings. The lowest BCUT2D eigenvalue weighted by molar-refractivity contribution is 0.0998. The highest BCUT2D eigenvalue weighted by Gasteiger charge is 2.17. The van der Waals surface area contributed by atoms with Crippen LogP contribution in [0.4, 0.5) is 5.69 Å². The zero-order valence-corrected chi connectivity index (χ0v) is 12.6. The van der Waals surface area contributed by atoms with Gasteiger partial charge in [-0.2, -0.15) is 0 Å². The van der Waals surface area contributed by atoms with Crippen LogP contribution in [0.5, 0.6) is 0 Å². The summed E-state index contributed by atoms with van der Waals surface area (Å²) in [5.74, 6) is 0.0987. The molecule has 1 amide bonds. The summed E-state index contributed by atoms with van der Waals surface area (Å²) >= 11 is 0. The maximum atomic E-state index is 12.4. The third kappa shape index (κ3) is 2.73. The standard InChI is InChI=1S/C18H17NO3/c1-12-15-8-3-4-9-16(15)22-17(12)18(20)19-14-7-5-6-13(10-14)11-21-2/h3-10H,11H2,1-2H3,(H,19,20). The van der Waals surface area contributed by atoms with Gasteiger partial charge < -0.3 is 14.5 Å². The number of ether oxygens (including phenoxy) is 1. The van der Waals surface area contributed by atoms with Crippen LogP contribution in [-0.2, 0) is 11.3 Å². The van der Waals surface area contributed by atoms with Crippen molar-refractivity contribution in [1.29, 1.82) is 0 Å². The smallest absolute Gasteiger partial charge is 0.291 e. The Bertz CT molecular complexity index is 820. The molecule has 1 N–H and O–H groups in total. The van der Waals surface area contributed by atoms with Crippen molar-refractivity contribution in [3.05, 3.63) is 65.4 Å². The molecule has 4 heteroatoms. The Balaban J connectivity index is 1.87. The summed E-state index contributed by atoms with van der Waals surface area (Å²) < 4.78 is 10.8. The highest BCUT2D eigenvalue weighted by Crippen LogP contribution is 2.25. The number of furan rings is 1. The lowest BCUT2D eigenvalue weighted by Gasteiger charge is -2.06. The highest BCUT2D eigenvalue weighted by atomic mass is 16.5. The fraction of sp³-hybridized carbons (Fsp3) is 0.167. The summed E-state index contributed by atoms with van der Waals surface area (Å²) in [5.41, 5.74) is 3.29. The van der Waals surface area contributed by atoms with Gasteiger partial charge in [0.2, 0.25) is 0 Å². The topological polar surface area (TPSA) is 51.5 Å². The molecule has 0 aliphatic rings. The van der Waals surface area contributed by atoms with Crippen molar-refractivity contribution in [3.63, 3.8) is 0 Å². The summed E-state index contributed by atoms with van der Waals surface area (Å²) in [4.78, 5) is 12.4. The third-order valence-electron chi connectivity index (χ3n) is 3.55. The van der Waals surface area contributed by atoms with Crippen molar-refractivity contribution in [3.8, 4) is 0 Å². The zero-order chi connectivity index (χ0) is 15.5. The molecule has 0 unspecified atom stereocenters. The molecule has 0 aliphatic heterocycles. The molecule has 0 spiro atoms. The van der Waals surface area contributed by atoms with Gasteiger partial charge in [-0.05, 0) is 30.7 Å². The number of hydrogen-bond acceptors (Lipinski definition) is 3. The number of benzene rings is 2. The fourth-order valence-corrected chi connectivity index (χ4v) is 2.48. The minimum absolute atomic E-state index is 0.247. The van der Waals surface area contributed by atoms with E-state index < -0.39 is 0 Å². The van der Waals surface area contributed by atoms with Crippen molar-refractivity contribution in [2.75, 3.05) is 12.4 Å². The van der Waals surface area contributed by atoms with Crippen LogP contribution >= 0.6 is 0 Å². The number of carbonyl (C=O) groups excluding carboxylic acids is 1. The average Bonchev–Trinajstić information content (AvgIpc) is 2.86. The van der Waals surface area contributed by atoms with E-state index in [1.165, 1.54) is 0 Å². The quantitative estimate of drug-likeness (QED) is 0.787. The second kappa shape index (κ2) is 6.03. The molecule has 22 heavy (non-hydrogen) atoms.